The van der Waals surface area contributed by atoms with Gasteiger partial charge in [0.2, 0.25) is 0 Å². The monoisotopic (exact) mass is 175 g/mol. The van der Waals surface area contributed by atoms with Gasteiger partial charge in [-0.05, 0) is 18.2 Å². The standard InChI is InChI=1S/C9H5NOS/c10-5-6-4-7-8(11)2-1-3-9(7)12-6/h1-4,11H. The minimum atomic E-state index is 0.241. The third-order valence-electron chi connectivity index (χ3n) is 1.65. The van der Waals surface area contributed by atoms with Crippen LogP contribution in [0, 0.1) is 11.3 Å². The van der Waals surface area contributed by atoms with Crippen molar-refractivity contribution in [3.8, 4) is 11.8 Å². The van der Waals surface area contributed by atoms with Gasteiger partial charge in [-0.3, -0.25) is 0 Å². The summed E-state index contributed by atoms with van der Waals surface area (Å²) in [5.74, 6) is 0.241. The van der Waals surface area contributed by atoms with Crippen LogP contribution in [0.2, 0.25) is 0 Å². The molecule has 1 aromatic heterocycles. The van der Waals surface area contributed by atoms with E-state index in [1.54, 1.807) is 18.2 Å². The Morgan fingerprint density at radius 1 is 1.42 bits per heavy atom. The van der Waals surface area contributed by atoms with Gasteiger partial charge in [-0.1, -0.05) is 6.07 Å². The molecule has 0 aliphatic rings. The quantitative estimate of drug-likeness (QED) is 0.668. The Kier molecular flexibility index (Phi) is 1.49. The number of nitriles is 1. The van der Waals surface area contributed by atoms with E-state index in [4.69, 9.17) is 5.26 Å². The van der Waals surface area contributed by atoms with Crippen LogP contribution in [0.5, 0.6) is 5.75 Å². The second kappa shape index (κ2) is 2.50. The van der Waals surface area contributed by atoms with Gasteiger partial charge in [0, 0.05) is 10.1 Å². The molecular weight excluding hydrogens is 170 g/mol. The fourth-order valence-electron chi connectivity index (χ4n) is 1.10. The van der Waals surface area contributed by atoms with E-state index in [2.05, 4.69) is 6.07 Å². The van der Waals surface area contributed by atoms with Crippen LogP contribution in [0.1, 0.15) is 4.88 Å². The first-order valence-electron chi connectivity index (χ1n) is 3.43. The Morgan fingerprint density at radius 3 is 2.92 bits per heavy atom. The highest BCUT2D eigenvalue weighted by Crippen LogP contribution is 2.31. The van der Waals surface area contributed by atoms with Crippen molar-refractivity contribution in [3.63, 3.8) is 0 Å². The van der Waals surface area contributed by atoms with Crippen molar-refractivity contribution in [2.24, 2.45) is 0 Å². The number of fused-ring (bicyclic) bond motifs is 1. The summed E-state index contributed by atoms with van der Waals surface area (Å²) in [4.78, 5) is 0.631. The fourth-order valence-corrected chi connectivity index (χ4v) is 1.98. The van der Waals surface area contributed by atoms with E-state index in [0.717, 1.165) is 10.1 Å². The van der Waals surface area contributed by atoms with Crippen molar-refractivity contribution in [2.45, 2.75) is 0 Å². The van der Waals surface area contributed by atoms with Crippen LogP contribution in [0.4, 0.5) is 0 Å². The molecule has 0 bridgehead atoms. The minimum Gasteiger partial charge on any atom is -0.507 e. The topological polar surface area (TPSA) is 44.0 Å². The molecule has 0 amide bonds. The molecule has 2 aromatic rings. The highest BCUT2D eigenvalue weighted by Gasteiger charge is 2.03. The highest BCUT2D eigenvalue weighted by atomic mass is 32.1. The molecule has 1 aromatic carbocycles. The first-order chi connectivity index (χ1) is 5.81. The smallest absolute Gasteiger partial charge is 0.124 e. The van der Waals surface area contributed by atoms with E-state index in [1.807, 2.05) is 6.07 Å². The average Bonchev–Trinajstić information content (AvgIpc) is 2.49. The van der Waals surface area contributed by atoms with E-state index >= 15 is 0 Å². The first-order valence-corrected chi connectivity index (χ1v) is 4.24. The molecule has 2 nitrogen and oxygen atoms in total. The van der Waals surface area contributed by atoms with Crippen molar-refractivity contribution >= 4 is 21.4 Å². The van der Waals surface area contributed by atoms with Crippen molar-refractivity contribution in [1.82, 2.24) is 0 Å². The van der Waals surface area contributed by atoms with Gasteiger partial charge in [0.15, 0.2) is 0 Å². The zero-order chi connectivity index (χ0) is 8.55. The molecule has 1 N–H and O–H groups in total. The largest absolute Gasteiger partial charge is 0.507 e. The third kappa shape index (κ3) is 0.936. The second-order valence-electron chi connectivity index (χ2n) is 2.41. The average molecular weight is 175 g/mol. The fraction of sp³-hybridized carbons (Fsp3) is 0. The van der Waals surface area contributed by atoms with Gasteiger partial charge >= 0.3 is 0 Å². The lowest BCUT2D eigenvalue weighted by molar-refractivity contribution is 0.482. The number of thiophene rings is 1. The van der Waals surface area contributed by atoms with Crippen LogP contribution < -0.4 is 0 Å². The van der Waals surface area contributed by atoms with E-state index in [-0.39, 0.29) is 5.75 Å². The molecule has 1 heterocycles. The van der Waals surface area contributed by atoms with Gasteiger partial charge in [0.1, 0.15) is 16.7 Å². The van der Waals surface area contributed by atoms with E-state index in [0.29, 0.717) is 4.88 Å². The van der Waals surface area contributed by atoms with Crippen LogP contribution in [-0.4, -0.2) is 5.11 Å². The molecule has 0 aliphatic heterocycles. The lowest BCUT2D eigenvalue weighted by Gasteiger charge is -1.90. The van der Waals surface area contributed by atoms with E-state index < -0.39 is 0 Å². The van der Waals surface area contributed by atoms with Crippen molar-refractivity contribution in [2.75, 3.05) is 0 Å². The summed E-state index contributed by atoms with van der Waals surface area (Å²) in [7, 11) is 0. The Bertz CT molecular complexity index is 467. The lowest BCUT2D eigenvalue weighted by Crippen LogP contribution is -1.63. The zero-order valence-electron chi connectivity index (χ0n) is 6.11. The molecule has 0 aliphatic carbocycles. The molecule has 0 saturated carbocycles. The van der Waals surface area contributed by atoms with E-state index in [9.17, 15) is 5.11 Å². The van der Waals surface area contributed by atoms with Crippen molar-refractivity contribution < 1.29 is 5.11 Å². The van der Waals surface area contributed by atoms with Crippen LogP contribution in [-0.2, 0) is 0 Å². The van der Waals surface area contributed by atoms with Crippen LogP contribution in [0.25, 0.3) is 10.1 Å². The molecule has 2 rings (SSSR count). The summed E-state index contributed by atoms with van der Waals surface area (Å²) in [6.45, 7) is 0. The highest BCUT2D eigenvalue weighted by molar-refractivity contribution is 7.19. The Morgan fingerprint density at radius 2 is 2.25 bits per heavy atom. The first kappa shape index (κ1) is 7.14. The predicted octanol–water partition coefficient (Wildman–Crippen LogP) is 2.48. The summed E-state index contributed by atoms with van der Waals surface area (Å²) in [5.41, 5.74) is 0. The number of phenols is 1. The molecule has 3 heteroatoms. The number of hydrogen-bond donors (Lipinski definition) is 1. The number of aromatic hydroxyl groups is 1. The molecule has 0 atom stereocenters. The molecule has 0 fully saturated rings. The van der Waals surface area contributed by atoms with Gasteiger partial charge < -0.3 is 5.11 Å². The molecule has 58 valence electrons. The van der Waals surface area contributed by atoms with Gasteiger partial charge in [-0.2, -0.15) is 5.26 Å². The molecule has 0 unspecified atom stereocenters. The van der Waals surface area contributed by atoms with E-state index in [1.165, 1.54) is 11.3 Å². The van der Waals surface area contributed by atoms with Gasteiger partial charge in [-0.15, -0.1) is 11.3 Å². The molecular formula is C9H5NOS. The van der Waals surface area contributed by atoms with Gasteiger partial charge in [0.05, 0.1) is 0 Å². The summed E-state index contributed by atoms with van der Waals surface area (Å²) in [5, 5.41) is 18.7. The summed E-state index contributed by atoms with van der Waals surface area (Å²) >= 11 is 1.39. The number of benzene rings is 1. The zero-order valence-corrected chi connectivity index (χ0v) is 6.93. The SMILES string of the molecule is N#Cc1cc2c(O)cccc2s1. The summed E-state index contributed by atoms with van der Waals surface area (Å²) in [6, 6.07) is 9.04. The summed E-state index contributed by atoms with van der Waals surface area (Å²) < 4.78 is 0.951. The number of phenolic OH excluding ortho intramolecular Hbond substituents is 1. The van der Waals surface area contributed by atoms with Crippen LogP contribution in [0.3, 0.4) is 0 Å². The normalized spacial score (nSPS) is 9.92. The molecule has 0 saturated heterocycles. The third-order valence-corrected chi connectivity index (χ3v) is 2.65. The predicted molar refractivity (Wildman–Crippen MR) is 48.2 cm³/mol. The maximum atomic E-state index is 9.38. The second-order valence-corrected chi connectivity index (χ2v) is 3.50. The molecule has 0 radical (unpaired) electrons. The minimum absolute atomic E-state index is 0.241. The van der Waals surface area contributed by atoms with Crippen LogP contribution in [0.15, 0.2) is 24.3 Å². The van der Waals surface area contributed by atoms with Gasteiger partial charge in [0.25, 0.3) is 0 Å². The molecule has 12 heavy (non-hydrogen) atoms. The summed E-state index contributed by atoms with van der Waals surface area (Å²) in [6.07, 6.45) is 0. The Labute approximate surface area is 73.3 Å². The van der Waals surface area contributed by atoms with Crippen LogP contribution >= 0.6 is 11.3 Å². The Balaban J connectivity index is 2.85. The Hall–Kier alpha value is -1.53. The van der Waals surface area contributed by atoms with Crippen molar-refractivity contribution in [1.29, 1.82) is 5.26 Å². The lowest BCUT2D eigenvalue weighted by atomic mass is 10.2. The number of rotatable bonds is 0. The number of nitrogens with zero attached hydrogens (tertiary/aromatic N) is 1. The van der Waals surface area contributed by atoms with Gasteiger partial charge in [-0.25, -0.2) is 0 Å². The van der Waals surface area contributed by atoms with Crippen molar-refractivity contribution in [3.05, 3.63) is 29.1 Å². The maximum Gasteiger partial charge on any atom is 0.124 e. The number of hydrogen-bond acceptors (Lipinski definition) is 3. The molecule has 0 spiro atoms. The maximum absolute atomic E-state index is 9.38.